The highest BCUT2D eigenvalue weighted by molar-refractivity contribution is 5.94. The molecule has 2 aliphatic heterocycles. The molecule has 1 amide bonds. The number of nitrogens with zero attached hydrogens (tertiary/aromatic N) is 3. The van der Waals surface area contributed by atoms with Crippen LogP contribution in [0.4, 0.5) is 0 Å². The van der Waals surface area contributed by atoms with Gasteiger partial charge in [-0.15, -0.1) is 0 Å². The van der Waals surface area contributed by atoms with Crippen LogP contribution in [0.2, 0.25) is 0 Å². The summed E-state index contributed by atoms with van der Waals surface area (Å²) >= 11 is 0. The molecule has 1 aromatic heterocycles. The summed E-state index contributed by atoms with van der Waals surface area (Å²) in [5.74, 6) is 1.77. The van der Waals surface area contributed by atoms with E-state index in [4.69, 9.17) is 14.2 Å². The molecule has 9 heteroatoms. The third-order valence-corrected chi connectivity index (χ3v) is 6.16. The number of hydrogen-bond donors (Lipinski definition) is 2. The molecule has 0 fully saturated rings. The fraction of sp³-hybridized carbons (Fsp3) is 0.360. The van der Waals surface area contributed by atoms with E-state index in [0.717, 1.165) is 35.3 Å². The van der Waals surface area contributed by atoms with E-state index in [2.05, 4.69) is 15.3 Å². The Kier molecular flexibility index (Phi) is 6.37. The molecular weight excluding hydrogens is 436 g/mol. The van der Waals surface area contributed by atoms with Crippen LogP contribution in [0, 0.1) is 0 Å². The van der Waals surface area contributed by atoms with Crippen molar-refractivity contribution in [1.29, 1.82) is 0 Å². The van der Waals surface area contributed by atoms with Gasteiger partial charge in [0, 0.05) is 43.9 Å². The molecule has 0 atom stereocenters. The second-order valence-corrected chi connectivity index (χ2v) is 8.38. The monoisotopic (exact) mass is 464 g/mol. The number of carbonyl (C=O) groups is 1. The predicted octanol–water partition coefficient (Wildman–Crippen LogP) is 2.10. The van der Waals surface area contributed by atoms with Gasteiger partial charge in [-0.2, -0.15) is 5.10 Å². The van der Waals surface area contributed by atoms with E-state index in [-0.39, 0.29) is 19.3 Å². The molecule has 0 radical (unpaired) electrons. The Morgan fingerprint density at radius 1 is 1.21 bits per heavy atom. The molecule has 0 bridgehead atoms. The lowest BCUT2D eigenvalue weighted by atomic mass is 10.0. The zero-order chi connectivity index (χ0) is 23.5. The van der Waals surface area contributed by atoms with E-state index >= 15 is 0 Å². The van der Waals surface area contributed by atoms with Crippen molar-refractivity contribution in [2.24, 2.45) is 0 Å². The van der Waals surface area contributed by atoms with Gasteiger partial charge in [0.2, 0.25) is 12.5 Å². The fourth-order valence-corrected chi connectivity index (χ4v) is 4.54. The van der Waals surface area contributed by atoms with Crippen molar-refractivity contribution in [3.8, 4) is 17.2 Å². The molecule has 2 aliphatic rings. The SMILES string of the molecule is COc1cc(CN2CCc3c(c(C(=O)NCc4ccccc4)nn3CCO)C2)cc2c1OCO2. The number of carbonyl (C=O) groups excluding carboxylic acids is 1. The number of aromatic nitrogens is 2. The first kappa shape index (κ1) is 22.2. The van der Waals surface area contributed by atoms with Crippen LogP contribution in [0.3, 0.4) is 0 Å². The van der Waals surface area contributed by atoms with Crippen LogP contribution < -0.4 is 19.5 Å². The summed E-state index contributed by atoms with van der Waals surface area (Å²) in [5, 5.41) is 17.0. The summed E-state index contributed by atoms with van der Waals surface area (Å²) in [6.45, 7) is 3.03. The number of hydrogen-bond acceptors (Lipinski definition) is 7. The lowest BCUT2D eigenvalue weighted by Crippen LogP contribution is -2.32. The minimum absolute atomic E-state index is 0.0279. The summed E-state index contributed by atoms with van der Waals surface area (Å²) in [7, 11) is 1.62. The van der Waals surface area contributed by atoms with Gasteiger partial charge in [0.25, 0.3) is 5.91 Å². The Bertz CT molecular complexity index is 1180. The first-order chi connectivity index (χ1) is 16.7. The Morgan fingerprint density at radius 2 is 2.06 bits per heavy atom. The maximum absolute atomic E-state index is 13.1. The number of methoxy groups -OCH3 is 1. The van der Waals surface area contributed by atoms with Gasteiger partial charge in [0.15, 0.2) is 17.2 Å². The highest BCUT2D eigenvalue weighted by Gasteiger charge is 2.29. The maximum atomic E-state index is 13.1. The molecule has 5 rings (SSSR count). The van der Waals surface area contributed by atoms with Gasteiger partial charge in [-0.25, -0.2) is 0 Å². The summed E-state index contributed by atoms with van der Waals surface area (Å²) in [6.07, 6.45) is 0.746. The highest BCUT2D eigenvalue weighted by Crippen LogP contribution is 2.42. The van der Waals surface area contributed by atoms with Crippen LogP contribution in [0.5, 0.6) is 17.2 Å². The van der Waals surface area contributed by atoms with Crippen molar-refractivity contribution in [3.63, 3.8) is 0 Å². The van der Waals surface area contributed by atoms with Gasteiger partial charge in [-0.05, 0) is 23.3 Å². The minimum Gasteiger partial charge on any atom is -0.493 e. The van der Waals surface area contributed by atoms with Crippen molar-refractivity contribution < 1.29 is 24.1 Å². The van der Waals surface area contributed by atoms with E-state index in [1.54, 1.807) is 11.8 Å². The number of rotatable bonds is 8. The van der Waals surface area contributed by atoms with Crippen molar-refractivity contribution in [1.82, 2.24) is 20.0 Å². The normalized spacial score (nSPS) is 14.6. The first-order valence-corrected chi connectivity index (χ1v) is 11.4. The van der Waals surface area contributed by atoms with E-state index in [9.17, 15) is 9.90 Å². The maximum Gasteiger partial charge on any atom is 0.272 e. The quantitative estimate of drug-likeness (QED) is 0.527. The van der Waals surface area contributed by atoms with Crippen LogP contribution in [-0.4, -0.2) is 52.7 Å². The second-order valence-electron chi connectivity index (χ2n) is 8.38. The standard InChI is InChI=1S/C25H28N4O5/c1-32-21-11-18(12-22-24(21)34-16-33-22)14-28-8-7-20-19(15-28)23(27-29(20)9-10-30)25(31)26-13-17-5-3-2-4-6-17/h2-6,11-12,30H,7-10,13-16H2,1H3,(H,26,31). The number of nitrogens with one attached hydrogen (secondary N) is 1. The number of benzene rings is 2. The van der Waals surface area contributed by atoms with Crippen LogP contribution in [-0.2, 0) is 32.6 Å². The zero-order valence-electron chi connectivity index (χ0n) is 19.1. The average molecular weight is 465 g/mol. The smallest absolute Gasteiger partial charge is 0.272 e. The fourth-order valence-electron chi connectivity index (χ4n) is 4.54. The van der Waals surface area contributed by atoms with Crippen molar-refractivity contribution in [2.75, 3.05) is 27.1 Å². The number of aliphatic hydroxyl groups excluding tert-OH is 1. The Balaban J connectivity index is 1.35. The van der Waals surface area contributed by atoms with Gasteiger partial charge in [0.1, 0.15) is 0 Å². The lowest BCUT2D eigenvalue weighted by molar-refractivity contribution is 0.0942. The molecule has 2 aromatic carbocycles. The molecule has 34 heavy (non-hydrogen) atoms. The van der Waals surface area contributed by atoms with Crippen molar-refractivity contribution in [2.45, 2.75) is 32.6 Å². The molecule has 3 heterocycles. The highest BCUT2D eigenvalue weighted by atomic mass is 16.7. The average Bonchev–Trinajstić information content (AvgIpc) is 3.48. The summed E-state index contributed by atoms with van der Waals surface area (Å²) in [6, 6.07) is 13.7. The Morgan fingerprint density at radius 3 is 2.85 bits per heavy atom. The van der Waals surface area contributed by atoms with Crippen LogP contribution in [0.15, 0.2) is 42.5 Å². The molecule has 9 nitrogen and oxygen atoms in total. The van der Waals surface area contributed by atoms with E-state index in [1.807, 2.05) is 42.5 Å². The van der Waals surface area contributed by atoms with Crippen LogP contribution in [0.25, 0.3) is 0 Å². The summed E-state index contributed by atoms with van der Waals surface area (Å²) in [5.41, 5.74) is 4.42. The first-order valence-electron chi connectivity index (χ1n) is 11.4. The zero-order valence-corrected chi connectivity index (χ0v) is 19.1. The molecule has 0 spiro atoms. The van der Waals surface area contributed by atoms with Crippen molar-refractivity contribution in [3.05, 3.63) is 70.5 Å². The van der Waals surface area contributed by atoms with E-state index < -0.39 is 0 Å². The molecular formula is C25H28N4O5. The largest absolute Gasteiger partial charge is 0.493 e. The third-order valence-electron chi connectivity index (χ3n) is 6.16. The number of fused-ring (bicyclic) bond motifs is 2. The molecule has 3 aromatic rings. The van der Waals surface area contributed by atoms with Gasteiger partial charge in [-0.3, -0.25) is 14.4 Å². The predicted molar refractivity (Wildman–Crippen MR) is 124 cm³/mol. The lowest BCUT2D eigenvalue weighted by Gasteiger charge is -2.28. The molecule has 0 aliphatic carbocycles. The number of amides is 1. The summed E-state index contributed by atoms with van der Waals surface area (Å²) < 4.78 is 18.3. The van der Waals surface area contributed by atoms with E-state index in [1.165, 1.54) is 0 Å². The Hall–Kier alpha value is -3.56. The number of aliphatic hydroxyl groups is 1. The van der Waals surface area contributed by atoms with Gasteiger partial charge >= 0.3 is 0 Å². The topological polar surface area (TPSA) is 98.1 Å². The molecule has 178 valence electrons. The van der Waals surface area contributed by atoms with Gasteiger partial charge in [-0.1, -0.05) is 30.3 Å². The Labute approximate surface area is 197 Å². The van der Waals surface area contributed by atoms with Gasteiger partial charge in [0.05, 0.1) is 20.3 Å². The van der Waals surface area contributed by atoms with Gasteiger partial charge < -0.3 is 24.6 Å². The van der Waals surface area contributed by atoms with Crippen molar-refractivity contribution >= 4 is 5.91 Å². The van der Waals surface area contributed by atoms with Crippen LogP contribution >= 0.6 is 0 Å². The molecule has 2 N–H and O–H groups in total. The molecule has 0 unspecified atom stereocenters. The second kappa shape index (κ2) is 9.74. The van der Waals surface area contributed by atoms with E-state index in [0.29, 0.717) is 49.1 Å². The van der Waals surface area contributed by atoms with Crippen LogP contribution in [0.1, 0.15) is 32.9 Å². The molecule has 0 saturated heterocycles. The molecule has 0 saturated carbocycles. The number of ether oxygens (including phenoxy) is 3. The minimum atomic E-state index is -0.205. The third kappa shape index (κ3) is 4.44. The summed E-state index contributed by atoms with van der Waals surface area (Å²) in [4.78, 5) is 15.3.